The lowest BCUT2D eigenvalue weighted by Crippen LogP contribution is -2.22. The summed E-state index contributed by atoms with van der Waals surface area (Å²) in [7, 11) is 0. The summed E-state index contributed by atoms with van der Waals surface area (Å²) in [4.78, 5) is 22.5. The van der Waals surface area contributed by atoms with E-state index in [9.17, 15) is 14.0 Å². The number of hydrogen-bond donors (Lipinski definition) is 2. The second-order valence-electron chi connectivity index (χ2n) is 4.88. The minimum atomic E-state index is -1.05. The second kappa shape index (κ2) is 7.87. The largest absolute Gasteiger partial charge is 0.479 e. The normalized spacial score (nSPS) is 11.9. The number of nitrogens with zero attached hydrogens (tertiary/aromatic N) is 1. The van der Waals surface area contributed by atoms with Crippen molar-refractivity contribution in [2.24, 2.45) is 5.10 Å². The van der Waals surface area contributed by atoms with E-state index in [-0.39, 0.29) is 5.56 Å². The summed E-state index contributed by atoms with van der Waals surface area (Å²) < 4.78 is 18.2. The van der Waals surface area contributed by atoms with Crippen molar-refractivity contribution in [2.75, 3.05) is 0 Å². The highest BCUT2D eigenvalue weighted by Crippen LogP contribution is 2.13. The zero-order valence-electron chi connectivity index (χ0n) is 12.8. The van der Waals surface area contributed by atoms with E-state index in [0.717, 1.165) is 6.07 Å². The van der Waals surface area contributed by atoms with E-state index in [1.54, 1.807) is 24.3 Å². The highest BCUT2D eigenvalue weighted by Gasteiger charge is 2.11. The van der Waals surface area contributed by atoms with E-state index in [4.69, 9.17) is 9.84 Å². The number of halogens is 1. The molecular weight excluding hydrogens is 315 g/mol. The van der Waals surface area contributed by atoms with Crippen LogP contribution < -0.4 is 10.2 Å². The summed E-state index contributed by atoms with van der Waals surface area (Å²) in [6, 6.07) is 11.8. The van der Waals surface area contributed by atoms with Gasteiger partial charge in [0.1, 0.15) is 11.6 Å². The van der Waals surface area contributed by atoms with Crippen LogP contribution in [0.1, 0.15) is 22.8 Å². The lowest BCUT2D eigenvalue weighted by Gasteiger charge is -2.09. The molecule has 0 aromatic heterocycles. The van der Waals surface area contributed by atoms with Crippen LogP contribution in [-0.4, -0.2) is 29.3 Å². The predicted octanol–water partition coefficient (Wildman–Crippen LogP) is 2.44. The van der Waals surface area contributed by atoms with Gasteiger partial charge in [0.05, 0.1) is 6.21 Å². The fourth-order valence-corrected chi connectivity index (χ4v) is 1.75. The molecule has 2 aromatic carbocycles. The highest BCUT2D eigenvalue weighted by molar-refractivity contribution is 5.94. The van der Waals surface area contributed by atoms with Gasteiger partial charge in [-0.15, -0.1) is 0 Å². The van der Waals surface area contributed by atoms with Crippen molar-refractivity contribution in [3.05, 3.63) is 65.5 Å². The Morgan fingerprint density at radius 1 is 1.25 bits per heavy atom. The molecule has 124 valence electrons. The number of nitrogens with one attached hydrogen (secondary N) is 1. The van der Waals surface area contributed by atoms with Gasteiger partial charge in [-0.05, 0) is 55.0 Å². The van der Waals surface area contributed by atoms with E-state index >= 15 is 0 Å². The van der Waals surface area contributed by atoms with E-state index in [1.807, 2.05) is 0 Å². The molecule has 1 amide bonds. The van der Waals surface area contributed by atoms with Crippen LogP contribution in [0.5, 0.6) is 5.75 Å². The van der Waals surface area contributed by atoms with Gasteiger partial charge >= 0.3 is 5.97 Å². The number of benzene rings is 2. The maximum atomic E-state index is 13.0. The summed E-state index contributed by atoms with van der Waals surface area (Å²) >= 11 is 0. The van der Waals surface area contributed by atoms with Crippen LogP contribution in [0, 0.1) is 5.82 Å². The first-order valence-electron chi connectivity index (χ1n) is 7.04. The summed E-state index contributed by atoms with van der Waals surface area (Å²) in [5.41, 5.74) is 3.13. The van der Waals surface area contributed by atoms with Crippen molar-refractivity contribution in [1.29, 1.82) is 0 Å². The number of hydrazone groups is 1. The molecule has 0 bridgehead atoms. The molecule has 0 fully saturated rings. The summed E-state index contributed by atoms with van der Waals surface area (Å²) in [5, 5.41) is 12.6. The SMILES string of the molecule is C[C@@H](Oc1ccc(/C=N\NC(=O)c2cccc(F)c2)cc1)C(=O)O. The lowest BCUT2D eigenvalue weighted by molar-refractivity contribution is -0.144. The molecule has 2 rings (SSSR count). The molecule has 7 heteroatoms. The molecule has 0 unspecified atom stereocenters. The van der Waals surface area contributed by atoms with Crippen molar-refractivity contribution in [1.82, 2.24) is 5.43 Å². The van der Waals surface area contributed by atoms with Crippen LogP contribution >= 0.6 is 0 Å². The van der Waals surface area contributed by atoms with Crippen LogP contribution in [0.15, 0.2) is 53.6 Å². The number of ether oxygens (including phenoxy) is 1. The maximum Gasteiger partial charge on any atom is 0.344 e. The van der Waals surface area contributed by atoms with Gasteiger partial charge in [-0.3, -0.25) is 4.79 Å². The Morgan fingerprint density at radius 2 is 1.96 bits per heavy atom. The van der Waals surface area contributed by atoms with Crippen LogP contribution in [-0.2, 0) is 4.79 Å². The number of carbonyl (C=O) groups is 2. The first-order chi connectivity index (χ1) is 11.5. The Morgan fingerprint density at radius 3 is 2.58 bits per heavy atom. The van der Waals surface area contributed by atoms with Gasteiger partial charge in [0.2, 0.25) is 0 Å². The maximum absolute atomic E-state index is 13.0. The number of carbonyl (C=O) groups excluding carboxylic acids is 1. The molecular formula is C17H15FN2O4. The molecule has 6 nitrogen and oxygen atoms in total. The van der Waals surface area contributed by atoms with E-state index in [2.05, 4.69) is 10.5 Å². The van der Waals surface area contributed by atoms with Gasteiger partial charge in [-0.1, -0.05) is 6.07 Å². The van der Waals surface area contributed by atoms with Gasteiger partial charge < -0.3 is 9.84 Å². The topological polar surface area (TPSA) is 88.0 Å². The Kier molecular flexibility index (Phi) is 5.62. The number of carboxylic acids is 1. The fraction of sp³-hybridized carbons (Fsp3) is 0.118. The highest BCUT2D eigenvalue weighted by atomic mass is 19.1. The Labute approximate surface area is 137 Å². The number of hydrogen-bond acceptors (Lipinski definition) is 4. The summed E-state index contributed by atoms with van der Waals surface area (Å²) in [5.74, 6) is -1.68. The molecule has 2 N–H and O–H groups in total. The molecule has 0 heterocycles. The second-order valence-corrected chi connectivity index (χ2v) is 4.88. The number of aliphatic carboxylic acids is 1. The molecule has 24 heavy (non-hydrogen) atoms. The minimum absolute atomic E-state index is 0.165. The molecule has 0 aliphatic heterocycles. The van der Waals surface area contributed by atoms with Gasteiger partial charge in [-0.25, -0.2) is 14.6 Å². The smallest absolute Gasteiger partial charge is 0.344 e. The Bertz CT molecular complexity index is 759. The van der Waals surface area contributed by atoms with Gasteiger partial charge in [0.25, 0.3) is 5.91 Å². The molecule has 0 aliphatic rings. The third-order valence-electron chi connectivity index (χ3n) is 3.01. The van der Waals surface area contributed by atoms with Gasteiger partial charge in [-0.2, -0.15) is 5.10 Å². The zero-order chi connectivity index (χ0) is 17.5. The molecule has 0 saturated carbocycles. The van der Waals surface area contributed by atoms with Crippen molar-refractivity contribution in [3.63, 3.8) is 0 Å². The number of carboxylic acid groups (broad SMARTS) is 1. The van der Waals surface area contributed by atoms with E-state index in [1.165, 1.54) is 31.3 Å². The first-order valence-corrected chi connectivity index (χ1v) is 7.04. The van der Waals surface area contributed by atoms with Gasteiger partial charge in [0, 0.05) is 5.56 Å². The predicted molar refractivity (Wildman–Crippen MR) is 85.6 cm³/mol. The average molecular weight is 330 g/mol. The third kappa shape index (κ3) is 4.91. The zero-order valence-corrected chi connectivity index (χ0v) is 12.8. The van der Waals surface area contributed by atoms with Crippen molar-refractivity contribution in [3.8, 4) is 5.75 Å². The number of rotatable bonds is 6. The van der Waals surface area contributed by atoms with Crippen molar-refractivity contribution < 1.29 is 23.8 Å². The fourth-order valence-electron chi connectivity index (χ4n) is 1.75. The molecule has 2 aromatic rings. The molecule has 0 aliphatic carbocycles. The van der Waals surface area contributed by atoms with Crippen LogP contribution in [0.3, 0.4) is 0 Å². The van der Waals surface area contributed by atoms with Crippen LogP contribution in [0.4, 0.5) is 4.39 Å². The molecule has 1 atom stereocenters. The standard InChI is InChI=1S/C17H15FN2O4/c1-11(17(22)23)24-15-7-5-12(6-8-15)10-19-20-16(21)13-3-2-4-14(18)9-13/h2-11H,1H3,(H,20,21)(H,22,23)/b19-10-/t11-/m1/s1. The quantitative estimate of drug-likeness (QED) is 0.629. The van der Waals surface area contributed by atoms with Gasteiger partial charge in [0.15, 0.2) is 6.10 Å². The molecule has 0 saturated heterocycles. The first kappa shape index (κ1) is 17.1. The van der Waals surface area contributed by atoms with E-state index in [0.29, 0.717) is 11.3 Å². The average Bonchev–Trinajstić information content (AvgIpc) is 2.56. The van der Waals surface area contributed by atoms with Crippen LogP contribution in [0.25, 0.3) is 0 Å². The van der Waals surface area contributed by atoms with Crippen LogP contribution in [0.2, 0.25) is 0 Å². The monoisotopic (exact) mass is 330 g/mol. The summed E-state index contributed by atoms with van der Waals surface area (Å²) in [6.07, 6.45) is 0.455. The van der Waals surface area contributed by atoms with E-state index < -0.39 is 23.8 Å². The molecule has 0 spiro atoms. The van der Waals surface area contributed by atoms with Crippen molar-refractivity contribution >= 4 is 18.1 Å². The Balaban J connectivity index is 1.92. The molecule has 0 radical (unpaired) electrons. The number of amides is 1. The Hall–Kier alpha value is -3.22. The third-order valence-corrected chi connectivity index (χ3v) is 3.01. The minimum Gasteiger partial charge on any atom is -0.479 e. The van der Waals surface area contributed by atoms with Crippen molar-refractivity contribution in [2.45, 2.75) is 13.0 Å². The summed E-state index contributed by atoms with van der Waals surface area (Å²) in [6.45, 7) is 1.43. The lowest BCUT2D eigenvalue weighted by atomic mass is 10.2.